The number of carbonyl (C=O) groups is 3. The number of benzene rings is 2. The maximum Gasteiger partial charge on any atom is 0.348 e. The topological polar surface area (TPSA) is 87.5 Å². The number of nitriles is 1. The first-order valence-electron chi connectivity index (χ1n) is 10.1. The highest BCUT2D eigenvalue weighted by Crippen LogP contribution is 2.36. The number of carbonyl (C=O) groups excluding carboxylic acids is 3. The molecule has 1 heterocycles. The van der Waals surface area contributed by atoms with Gasteiger partial charge in [-0.3, -0.25) is 9.59 Å². The molecule has 0 N–H and O–H groups in total. The number of nitrogens with zero attached hydrogens (tertiary/aromatic N) is 2. The molecule has 0 radical (unpaired) electrons. The smallest absolute Gasteiger partial charge is 0.348 e. The van der Waals surface area contributed by atoms with E-state index in [4.69, 9.17) is 4.74 Å². The Hall–Kier alpha value is -3.76. The predicted octanol–water partition coefficient (Wildman–Crippen LogP) is 4.45. The van der Waals surface area contributed by atoms with E-state index < -0.39 is 17.8 Å². The first-order valence-corrected chi connectivity index (χ1v) is 10.9. The minimum atomic E-state index is -0.580. The van der Waals surface area contributed by atoms with E-state index in [9.17, 15) is 19.6 Å². The Balaban J connectivity index is 2.04. The molecule has 0 atom stereocenters. The van der Waals surface area contributed by atoms with E-state index in [0.717, 1.165) is 27.4 Å². The standard InChI is InChI=1S/C25H22N2O4S/c1-3-31-25(30)23-17(2)20(16-26)24(32-23)27(21(28)14-18-10-6-4-7-11-18)22(29)15-19-12-8-5-9-13-19/h4-13H,3,14-15H2,1-2H3. The molecule has 0 aliphatic rings. The number of rotatable bonds is 7. The van der Waals surface area contributed by atoms with Crippen LogP contribution in [0.15, 0.2) is 60.7 Å². The first kappa shape index (κ1) is 22.9. The minimum absolute atomic E-state index is 0.0159. The molecule has 1 aromatic heterocycles. The SMILES string of the molecule is CCOC(=O)c1sc(N(C(=O)Cc2ccccc2)C(=O)Cc2ccccc2)c(C#N)c1C. The van der Waals surface area contributed by atoms with Crippen LogP contribution in [-0.4, -0.2) is 24.4 Å². The summed E-state index contributed by atoms with van der Waals surface area (Å²) >= 11 is 0.932. The maximum atomic E-state index is 13.3. The summed E-state index contributed by atoms with van der Waals surface area (Å²) in [6.07, 6.45) is -0.0319. The molecule has 0 aliphatic heterocycles. The van der Waals surface area contributed by atoms with E-state index in [1.807, 2.05) is 36.4 Å². The quantitative estimate of drug-likeness (QED) is 0.501. The molecule has 3 rings (SSSR count). The van der Waals surface area contributed by atoms with Gasteiger partial charge in [0.2, 0.25) is 11.8 Å². The molecule has 7 heteroatoms. The van der Waals surface area contributed by atoms with Gasteiger partial charge in [-0.05, 0) is 30.5 Å². The van der Waals surface area contributed by atoms with Crippen LogP contribution in [-0.2, 0) is 27.2 Å². The average molecular weight is 447 g/mol. The van der Waals surface area contributed by atoms with Gasteiger partial charge in [-0.25, -0.2) is 9.69 Å². The monoisotopic (exact) mass is 446 g/mol. The van der Waals surface area contributed by atoms with Crippen LogP contribution in [0.3, 0.4) is 0 Å². The molecule has 2 aromatic carbocycles. The molecule has 0 aliphatic carbocycles. The van der Waals surface area contributed by atoms with Crippen molar-refractivity contribution in [2.45, 2.75) is 26.7 Å². The van der Waals surface area contributed by atoms with Gasteiger partial charge in [0.15, 0.2) is 0 Å². The number of hydrogen-bond donors (Lipinski definition) is 0. The molecule has 0 unspecified atom stereocenters. The van der Waals surface area contributed by atoms with Gasteiger partial charge in [0, 0.05) is 0 Å². The Kier molecular flexibility index (Phi) is 7.53. The fourth-order valence-electron chi connectivity index (χ4n) is 3.24. The van der Waals surface area contributed by atoms with E-state index in [1.165, 1.54) is 0 Å². The number of amides is 2. The van der Waals surface area contributed by atoms with Crippen LogP contribution in [0, 0.1) is 18.3 Å². The van der Waals surface area contributed by atoms with Gasteiger partial charge in [-0.2, -0.15) is 5.26 Å². The van der Waals surface area contributed by atoms with Crippen LogP contribution >= 0.6 is 11.3 Å². The lowest BCUT2D eigenvalue weighted by Crippen LogP contribution is -2.39. The molecular weight excluding hydrogens is 424 g/mol. The zero-order valence-corrected chi connectivity index (χ0v) is 18.6. The van der Waals surface area contributed by atoms with Gasteiger partial charge >= 0.3 is 5.97 Å². The van der Waals surface area contributed by atoms with Crippen LogP contribution in [0.5, 0.6) is 0 Å². The highest BCUT2D eigenvalue weighted by Gasteiger charge is 2.31. The molecule has 6 nitrogen and oxygen atoms in total. The zero-order chi connectivity index (χ0) is 23.1. The number of esters is 1. The second kappa shape index (κ2) is 10.5. The third-order valence-corrected chi connectivity index (χ3v) is 6.06. The molecule has 0 bridgehead atoms. The Morgan fingerprint density at radius 2 is 1.44 bits per heavy atom. The van der Waals surface area contributed by atoms with E-state index >= 15 is 0 Å². The van der Waals surface area contributed by atoms with Crippen molar-refractivity contribution in [1.82, 2.24) is 0 Å². The molecule has 162 valence electrons. The van der Waals surface area contributed by atoms with Crippen LogP contribution in [0.1, 0.15) is 38.8 Å². The summed E-state index contributed by atoms with van der Waals surface area (Å²) in [7, 11) is 0. The molecule has 2 amide bonds. The lowest BCUT2D eigenvalue weighted by Gasteiger charge is -2.20. The van der Waals surface area contributed by atoms with Crippen LogP contribution < -0.4 is 4.90 Å². The van der Waals surface area contributed by atoms with Crippen LogP contribution in [0.2, 0.25) is 0 Å². The summed E-state index contributed by atoms with van der Waals surface area (Å²) in [6.45, 7) is 3.48. The third-order valence-electron chi connectivity index (χ3n) is 4.80. The van der Waals surface area contributed by atoms with E-state index in [-0.39, 0.29) is 34.9 Å². The van der Waals surface area contributed by atoms with Crippen LogP contribution in [0.4, 0.5) is 5.00 Å². The van der Waals surface area contributed by atoms with Crippen molar-refractivity contribution in [2.24, 2.45) is 0 Å². The molecule has 3 aromatic rings. The predicted molar refractivity (Wildman–Crippen MR) is 123 cm³/mol. The highest BCUT2D eigenvalue weighted by atomic mass is 32.1. The second-order valence-corrected chi connectivity index (χ2v) is 8.02. The minimum Gasteiger partial charge on any atom is -0.462 e. The van der Waals surface area contributed by atoms with E-state index in [0.29, 0.717) is 5.56 Å². The van der Waals surface area contributed by atoms with Crippen molar-refractivity contribution in [2.75, 3.05) is 11.5 Å². The summed E-state index contributed by atoms with van der Waals surface area (Å²) in [6, 6.07) is 20.2. The van der Waals surface area contributed by atoms with Crippen molar-refractivity contribution < 1.29 is 19.1 Å². The summed E-state index contributed by atoms with van der Waals surface area (Å²) in [5.41, 5.74) is 2.01. The third kappa shape index (κ3) is 5.10. The van der Waals surface area contributed by atoms with E-state index in [2.05, 4.69) is 6.07 Å². The van der Waals surface area contributed by atoms with Crippen molar-refractivity contribution in [3.05, 3.63) is 87.8 Å². The molecular formula is C25H22N2O4S. The van der Waals surface area contributed by atoms with Gasteiger partial charge in [-0.1, -0.05) is 60.7 Å². The number of anilines is 1. The highest BCUT2D eigenvalue weighted by molar-refractivity contribution is 7.18. The summed E-state index contributed by atoms with van der Waals surface area (Å²) < 4.78 is 5.09. The van der Waals surface area contributed by atoms with Crippen molar-refractivity contribution in [3.8, 4) is 6.07 Å². The van der Waals surface area contributed by atoms with Gasteiger partial charge in [0.1, 0.15) is 15.9 Å². The molecule has 0 saturated carbocycles. The number of thiophene rings is 1. The van der Waals surface area contributed by atoms with Crippen molar-refractivity contribution in [1.29, 1.82) is 5.26 Å². The Morgan fingerprint density at radius 3 is 1.88 bits per heavy atom. The normalized spacial score (nSPS) is 10.3. The lowest BCUT2D eigenvalue weighted by atomic mass is 10.1. The number of imide groups is 1. The Morgan fingerprint density at radius 1 is 0.938 bits per heavy atom. The first-order chi connectivity index (χ1) is 15.5. The maximum absolute atomic E-state index is 13.3. The van der Waals surface area contributed by atoms with Gasteiger partial charge in [-0.15, -0.1) is 11.3 Å². The number of hydrogen-bond acceptors (Lipinski definition) is 6. The molecule has 0 saturated heterocycles. The van der Waals surface area contributed by atoms with Crippen LogP contribution in [0.25, 0.3) is 0 Å². The zero-order valence-electron chi connectivity index (χ0n) is 17.8. The number of ether oxygens (including phenoxy) is 1. The fraction of sp³-hybridized carbons (Fsp3) is 0.200. The summed E-state index contributed by atoms with van der Waals surface area (Å²) in [5.74, 6) is -1.51. The molecule has 0 fully saturated rings. The van der Waals surface area contributed by atoms with E-state index in [1.54, 1.807) is 38.1 Å². The fourth-order valence-corrected chi connectivity index (χ4v) is 4.43. The Bertz CT molecular complexity index is 1110. The summed E-state index contributed by atoms with van der Waals surface area (Å²) in [5, 5.41) is 9.92. The second-order valence-electron chi connectivity index (χ2n) is 7.02. The molecule has 32 heavy (non-hydrogen) atoms. The lowest BCUT2D eigenvalue weighted by molar-refractivity contribution is -0.125. The van der Waals surface area contributed by atoms with Crippen molar-refractivity contribution in [3.63, 3.8) is 0 Å². The largest absolute Gasteiger partial charge is 0.462 e. The van der Waals surface area contributed by atoms with Crippen molar-refractivity contribution >= 4 is 34.1 Å². The van der Waals surface area contributed by atoms with Gasteiger partial charge < -0.3 is 4.74 Å². The summed E-state index contributed by atoms with van der Waals surface area (Å²) in [4.78, 5) is 40.3. The molecule has 0 spiro atoms. The van der Waals surface area contributed by atoms with Gasteiger partial charge in [0.05, 0.1) is 25.0 Å². The average Bonchev–Trinajstić information content (AvgIpc) is 3.11. The Labute approximate surface area is 190 Å². The van der Waals surface area contributed by atoms with Gasteiger partial charge in [0.25, 0.3) is 0 Å².